The molecule has 5 rings (SSSR count). The van der Waals surface area contributed by atoms with Gasteiger partial charge in [-0.05, 0) is 99.8 Å². The van der Waals surface area contributed by atoms with Crippen LogP contribution in [0.5, 0.6) is 0 Å². The molecular weight excluding hydrogens is 933 g/mol. The van der Waals surface area contributed by atoms with Crippen molar-refractivity contribution in [3.05, 3.63) is 108 Å². The molecule has 0 aliphatic carbocycles. The summed E-state index contributed by atoms with van der Waals surface area (Å²) in [6, 6.07) is 28.2. The summed E-state index contributed by atoms with van der Waals surface area (Å²) in [4.78, 5) is 69.5. The molecule has 0 bridgehead atoms. The molecule has 2 fully saturated rings. The van der Waals surface area contributed by atoms with E-state index < -0.39 is 120 Å². The lowest BCUT2D eigenvalue weighted by Gasteiger charge is -2.46. The second kappa shape index (κ2) is 25.0. The standard InChI is InChI=1S/C55H74O17/c1-52(2,3)47(56)65-33-38-40(68-48(57)53(4,5)6)42(69-49(58)54(7,8)9)44(70-50(59)55(10,11)12)46(67-38)72-51(60)71-39-37(32-62-29-34-23-17-14-18-24-34)66-45(61-13)43(64-31-36-27-21-16-22-28-36)41(39)63-30-35-25-19-15-20-26-35/h14-28,37-46H,29-33H2,1-13H3/t37-,38-,39-,40-,41+,42+,43-,44-,45+,46+/m1/s1. The molecule has 0 aromatic heterocycles. The molecule has 0 spiro atoms. The lowest BCUT2D eigenvalue weighted by molar-refractivity contribution is -0.323. The normalized spacial score (nSPS) is 24.8. The zero-order valence-electron chi connectivity index (χ0n) is 43.9. The maximum atomic E-state index is 14.7. The number of ether oxygens (including phenoxy) is 12. The van der Waals surface area contributed by atoms with Crippen LogP contribution in [0.15, 0.2) is 91.0 Å². The molecule has 2 aliphatic rings. The summed E-state index contributed by atoms with van der Waals surface area (Å²) in [5, 5.41) is 0. The van der Waals surface area contributed by atoms with Gasteiger partial charge in [0.1, 0.15) is 31.0 Å². The van der Waals surface area contributed by atoms with E-state index in [0.717, 1.165) is 16.7 Å². The average molecular weight is 1010 g/mol. The molecule has 3 aromatic carbocycles. The second-order valence-electron chi connectivity index (χ2n) is 22.0. The maximum Gasteiger partial charge on any atom is 0.511 e. The highest BCUT2D eigenvalue weighted by Crippen LogP contribution is 2.36. The van der Waals surface area contributed by atoms with E-state index in [-0.39, 0.29) is 26.4 Å². The SMILES string of the molecule is CO[C@H]1O[C@H](COCc2ccccc2)[C@@H](OC(=O)O[C@@H]2O[C@H](COC(=O)C(C)(C)C)[C@@H](OC(=O)C(C)(C)C)[C@H](OC(=O)C(C)(C)C)[C@H]2OC(=O)C(C)(C)C)[C@H](OCc2ccccc2)[C@H]1OCc1ccccc1. The van der Waals surface area contributed by atoms with Crippen LogP contribution >= 0.6 is 0 Å². The Morgan fingerprint density at radius 3 is 1.26 bits per heavy atom. The van der Waals surface area contributed by atoms with E-state index in [1.807, 2.05) is 91.0 Å². The highest BCUT2D eigenvalue weighted by molar-refractivity contribution is 5.78. The fourth-order valence-electron chi connectivity index (χ4n) is 7.13. The predicted octanol–water partition coefficient (Wildman–Crippen LogP) is 8.46. The van der Waals surface area contributed by atoms with Gasteiger partial charge in [-0.3, -0.25) is 19.2 Å². The molecule has 72 heavy (non-hydrogen) atoms. The van der Waals surface area contributed by atoms with Crippen molar-refractivity contribution in [2.24, 2.45) is 21.7 Å². The van der Waals surface area contributed by atoms with Gasteiger partial charge in [-0.15, -0.1) is 0 Å². The van der Waals surface area contributed by atoms with Crippen molar-refractivity contribution in [3.8, 4) is 0 Å². The van der Waals surface area contributed by atoms with Crippen molar-refractivity contribution in [2.75, 3.05) is 20.3 Å². The molecule has 0 unspecified atom stereocenters. The molecular formula is C55H74O17. The van der Waals surface area contributed by atoms with Crippen LogP contribution in [0.4, 0.5) is 4.79 Å². The fraction of sp³-hybridized carbons (Fsp3) is 0.582. The quantitative estimate of drug-likeness (QED) is 0.0868. The van der Waals surface area contributed by atoms with Crippen LogP contribution in [0.2, 0.25) is 0 Å². The van der Waals surface area contributed by atoms with Crippen LogP contribution in [0.1, 0.15) is 99.8 Å². The largest absolute Gasteiger partial charge is 0.511 e. The van der Waals surface area contributed by atoms with E-state index >= 15 is 0 Å². The van der Waals surface area contributed by atoms with Crippen molar-refractivity contribution in [2.45, 2.75) is 164 Å². The van der Waals surface area contributed by atoms with E-state index in [9.17, 15) is 24.0 Å². The summed E-state index contributed by atoms with van der Waals surface area (Å²) in [5.74, 6) is -3.01. The molecule has 17 nitrogen and oxygen atoms in total. The van der Waals surface area contributed by atoms with E-state index in [4.69, 9.17) is 56.8 Å². The first-order chi connectivity index (χ1) is 33.8. The number of benzene rings is 3. The fourth-order valence-corrected chi connectivity index (χ4v) is 7.13. The number of esters is 4. The Morgan fingerprint density at radius 2 is 0.806 bits per heavy atom. The number of hydrogen-bond acceptors (Lipinski definition) is 17. The topological polar surface area (TPSA) is 196 Å². The molecule has 17 heteroatoms. The molecule has 0 N–H and O–H groups in total. The number of hydrogen-bond donors (Lipinski definition) is 0. The third-order valence-electron chi connectivity index (χ3n) is 11.4. The van der Waals surface area contributed by atoms with Gasteiger partial charge in [-0.2, -0.15) is 0 Å². The first-order valence-electron chi connectivity index (χ1n) is 24.2. The third kappa shape index (κ3) is 16.5. The van der Waals surface area contributed by atoms with Crippen LogP contribution in [-0.4, -0.2) is 112 Å². The molecule has 396 valence electrons. The van der Waals surface area contributed by atoms with Gasteiger partial charge in [-0.25, -0.2) is 4.79 Å². The summed E-state index contributed by atoms with van der Waals surface area (Å²) in [5.41, 5.74) is -1.90. The van der Waals surface area contributed by atoms with Crippen molar-refractivity contribution < 1.29 is 80.8 Å². The van der Waals surface area contributed by atoms with E-state index in [2.05, 4.69) is 0 Å². The average Bonchev–Trinajstić information content (AvgIpc) is 3.31. The lowest BCUT2D eigenvalue weighted by Crippen LogP contribution is -2.65. The van der Waals surface area contributed by atoms with Crippen LogP contribution in [0.25, 0.3) is 0 Å². The van der Waals surface area contributed by atoms with Gasteiger partial charge in [0.15, 0.2) is 24.6 Å². The van der Waals surface area contributed by atoms with Crippen LogP contribution in [0.3, 0.4) is 0 Å². The van der Waals surface area contributed by atoms with Gasteiger partial charge < -0.3 is 56.8 Å². The molecule has 10 atom stereocenters. The zero-order chi connectivity index (χ0) is 53.0. The molecule has 0 radical (unpaired) electrons. The van der Waals surface area contributed by atoms with Gasteiger partial charge in [-0.1, -0.05) is 91.0 Å². The van der Waals surface area contributed by atoms with Crippen LogP contribution in [0, 0.1) is 21.7 Å². The van der Waals surface area contributed by atoms with Crippen LogP contribution in [-0.2, 0) is 95.8 Å². The van der Waals surface area contributed by atoms with Gasteiger partial charge in [0.2, 0.25) is 12.4 Å². The minimum absolute atomic E-state index is 0.0423. The molecule has 0 amide bonds. The van der Waals surface area contributed by atoms with E-state index in [1.165, 1.54) is 7.11 Å². The minimum Gasteiger partial charge on any atom is -0.462 e. The summed E-state index contributed by atoms with van der Waals surface area (Å²) < 4.78 is 74.4. The first kappa shape index (κ1) is 57.5. The van der Waals surface area contributed by atoms with Crippen molar-refractivity contribution >= 4 is 30.0 Å². The van der Waals surface area contributed by atoms with Gasteiger partial charge in [0.25, 0.3) is 0 Å². The molecule has 2 heterocycles. The lowest BCUT2D eigenvalue weighted by atomic mass is 9.93. The van der Waals surface area contributed by atoms with Crippen molar-refractivity contribution in [1.29, 1.82) is 0 Å². The second-order valence-corrected chi connectivity index (χ2v) is 22.0. The van der Waals surface area contributed by atoms with Gasteiger partial charge >= 0.3 is 30.0 Å². The molecule has 2 aliphatic heterocycles. The number of carbonyl (C=O) groups excluding carboxylic acids is 5. The van der Waals surface area contributed by atoms with Crippen LogP contribution < -0.4 is 0 Å². The number of methoxy groups -OCH3 is 1. The Hall–Kier alpha value is -5.43. The molecule has 0 saturated carbocycles. The predicted molar refractivity (Wildman–Crippen MR) is 260 cm³/mol. The van der Waals surface area contributed by atoms with Gasteiger partial charge in [0.05, 0.1) is 48.1 Å². The van der Waals surface area contributed by atoms with Gasteiger partial charge in [0, 0.05) is 7.11 Å². The first-order valence-corrected chi connectivity index (χ1v) is 24.2. The Bertz CT molecular complexity index is 2210. The number of carbonyl (C=O) groups is 5. The monoisotopic (exact) mass is 1010 g/mol. The third-order valence-corrected chi connectivity index (χ3v) is 11.4. The Kier molecular flexibility index (Phi) is 20.0. The Labute approximate surface area is 423 Å². The Balaban J connectivity index is 1.59. The minimum atomic E-state index is -1.94. The smallest absolute Gasteiger partial charge is 0.462 e. The number of rotatable bonds is 18. The van der Waals surface area contributed by atoms with E-state index in [0.29, 0.717) is 0 Å². The highest BCUT2D eigenvalue weighted by Gasteiger charge is 2.57. The van der Waals surface area contributed by atoms with E-state index in [1.54, 1.807) is 83.1 Å². The zero-order valence-corrected chi connectivity index (χ0v) is 43.9. The van der Waals surface area contributed by atoms with Crippen molar-refractivity contribution in [3.63, 3.8) is 0 Å². The molecule has 2 saturated heterocycles. The highest BCUT2D eigenvalue weighted by atomic mass is 16.8. The summed E-state index contributed by atoms with van der Waals surface area (Å²) >= 11 is 0. The molecule has 3 aromatic rings. The summed E-state index contributed by atoms with van der Waals surface area (Å²) in [7, 11) is 1.46. The maximum absolute atomic E-state index is 14.7. The van der Waals surface area contributed by atoms with Crippen molar-refractivity contribution in [1.82, 2.24) is 0 Å². The summed E-state index contributed by atoms with van der Waals surface area (Å²) in [6.07, 6.45) is -15.5. The summed E-state index contributed by atoms with van der Waals surface area (Å²) in [6.45, 7) is 18.9. The Morgan fingerprint density at radius 1 is 0.417 bits per heavy atom.